The fourth-order valence-electron chi connectivity index (χ4n) is 1.30. The molecule has 0 aliphatic carbocycles. The first-order valence-electron chi connectivity index (χ1n) is 5.25. The van der Waals surface area contributed by atoms with Crippen LogP contribution in [0.2, 0.25) is 0 Å². The molecule has 0 spiro atoms. The highest BCUT2D eigenvalue weighted by atomic mass is 79.9. The second-order valence-corrected chi connectivity index (χ2v) is 5.90. The Hall–Kier alpha value is -0.880. The number of aryl methyl sites for hydroxylation is 1. The predicted molar refractivity (Wildman–Crippen MR) is 71.2 cm³/mol. The molecule has 0 aliphatic heterocycles. The van der Waals surface area contributed by atoms with Gasteiger partial charge in [-0.15, -0.1) is 0 Å². The van der Waals surface area contributed by atoms with Gasteiger partial charge in [0.25, 0.3) is 0 Å². The predicted octanol–water partition coefficient (Wildman–Crippen LogP) is 3.25. The third-order valence-electron chi connectivity index (χ3n) is 2.11. The molecule has 17 heavy (non-hydrogen) atoms. The van der Waals surface area contributed by atoms with E-state index in [1.807, 2.05) is 25.5 Å². The summed E-state index contributed by atoms with van der Waals surface area (Å²) in [5.74, 6) is 1.17. The lowest BCUT2D eigenvalue weighted by Gasteiger charge is -2.06. The van der Waals surface area contributed by atoms with Gasteiger partial charge in [-0.1, -0.05) is 25.6 Å². The standard InChI is InChI=1S/C11H13BrN4S/c1-7(2)11-14-9(12)4-10(15-11)17-8-5-13-16(3)6-8/h4-7H,1-3H3. The second-order valence-electron chi connectivity index (χ2n) is 3.99. The third-order valence-corrected chi connectivity index (χ3v) is 3.38. The lowest BCUT2D eigenvalue weighted by atomic mass is 10.2. The van der Waals surface area contributed by atoms with Crippen LogP contribution in [0.25, 0.3) is 0 Å². The summed E-state index contributed by atoms with van der Waals surface area (Å²) in [5, 5.41) is 5.07. The summed E-state index contributed by atoms with van der Waals surface area (Å²) in [6.07, 6.45) is 3.80. The fourth-order valence-corrected chi connectivity index (χ4v) is 2.70. The molecule has 0 aromatic carbocycles. The number of hydrogen-bond donors (Lipinski definition) is 0. The Morgan fingerprint density at radius 2 is 2.12 bits per heavy atom. The Morgan fingerprint density at radius 1 is 1.35 bits per heavy atom. The van der Waals surface area contributed by atoms with E-state index >= 15 is 0 Å². The summed E-state index contributed by atoms with van der Waals surface area (Å²) in [4.78, 5) is 9.95. The molecule has 0 saturated carbocycles. The molecule has 2 heterocycles. The van der Waals surface area contributed by atoms with Crippen LogP contribution in [0.3, 0.4) is 0 Å². The molecule has 2 aromatic heterocycles. The smallest absolute Gasteiger partial charge is 0.133 e. The van der Waals surface area contributed by atoms with Crippen molar-refractivity contribution >= 4 is 27.7 Å². The lowest BCUT2D eigenvalue weighted by Crippen LogP contribution is -1.98. The molecule has 6 heteroatoms. The van der Waals surface area contributed by atoms with Gasteiger partial charge < -0.3 is 0 Å². The van der Waals surface area contributed by atoms with Crippen molar-refractivity contribution in [3.63, 3.8) is 0 Å². The van der Waals surface area contributed by atoms with Crippen molar-refractivity contribution in [2.45, 2.75) is 29.7 Å². The normalized spacial score (nSPS) is 11.1. The van der Waals surface area contributed by atoms with E-state index in [9.17, 15) is 0 Å². The van der Waals surface area contributed by atoms with Gasteiger partial charge in [-0.3, -0.25) is 4.68 Å². The highest BCUT2D eigenvalue weighted by Gasteiger charge is 2.08. The molecule has 90 valence electrons. The van der Waals surface area contributed by atoms with Crippen LogP contribution in [0, 0.1) is 0 Å². The van der Waals surface area contributed by atoms with Gasteiger partial charge in [0.2, 0.25) is 0 Å². The number of hydrogen-bond acceptors (Lipinski definition) is 4. The van der Waals surface area contributed by atoms with Gasteiger partial charge >= 0.3 is 0 Å². The average Bonchev–Trinajstić information content (AvgIpc) is 2.63. The zero-order valence-corrected chi connectivity index (χ0v) is 12.3. The van der Waals surface area contributed by atoms with Crippen LogP contribution in [0.1, 0.15) is 25.6 Å². The minimum atomic E-state index is 0.320. The van der Waals surface area contributed by atoms with E-state index in [1.54, 1.807) is 16.4 Å². The van der Waals surface area contributed by atoms with Crippen LogP contribution in [0.4, 0.5) is 0 Å². The number of halogens is 1. The van der Waals surface area contributed by atoms with E-state index in [0.29, 0.717) is 5.92 Å². The van der Waals surface area contributed by atoms with Crippen LogP contribution in [-0.2, 0) is 7.05 Å². The Labute approximate surface area is 113 Å². The Bertz CT molecular complexity index is 524. The van der Waals surface area contributed by atoms with Gasteiger partial charge in [0.05, 0.1) is 11.1 Å². The molecular formula is C11H13BrN4S. The van der Waals surface area contributed by atoms with E-state index < -0.39 is 0 Å². The zero-order chi connectivity index (χ0) is 12.4. The molecule has 2 rings (SSSR count). The maximum absolute atomic E-state index is 4.52. The molecule has 4 nitrogen and oxygen atoms in total. The van der Waals surface area contributed by atoms with Crippen molar-refractivity contribution < 1.29 is 0 Å². The van der Waals surface area contributed by atoms with Crippen molar-refractivity contribution in [3.05, 3.63) is 28.9 Å². The van der Waals surface area contributed by atoms with E-state index in [4.69, 9.17) is 0 Å². The van der Waals surface area contributed by atoms with Crippen molar-refractivity contribution in [2.24, 2.45) is 7.05 Å². The summed E-state index contributed by atoms with van der Waals surface area (Å²) < 4.78 is 2.60. The van der Waals surface area contributed by atoms with Crippen LogP contribution < -0.4 is 0 Å². The molecule has 0 radical (unpaired) electrons. The average molecular weight is 313 g/mol. The first-order chi connectivity index (χ1) is 8.04. The highest BCUT2D eigenvalue weighted by Crippen LogP contribution is 2.28. The first kappa shape index (κ1) is 12.6. The number of aromatic nitrogens is 4. The fraction of sp³-hybridized carbons (Fsp3) is 0.364. The molecule has 0 aliphatic rings. The number of nitrogens with zero attached hydrogens (tertiary/aromatic N) is 4. The largest absolute Gasteiger partial charge is 0.275 e. The van der Waals surface area contributed by atoms with Crippen molar-refractivity contribution in [2.75, 3.05) is 0 Å². The topological polar surface area (TPSA) is 43.6 Å². The number of rotatable bonds is 3. The Kier molecular flexibility index (Phi) is 3.83. The van der Waals surface area contributed by atoms with Crippen molar-refractivity contribution in [1.29, 1.82) is 0 Å². The van der Waals surface area contributed by atoms with Gasteiger partial charge in [0, 0.05) is 25.2 Å². The molecule has 0 N–H and O–H groups in total. The SMILES string of the molecule is CC(C)c1nc(Br)cc(Sc2cnn(C)c2)n1. The maximum atomic E-state index is 4.52. The minimum Gasteiger partial charge on any atom is -0.275 e. The monoisotopic (exact) mass is 312 g/mol. The van der Waals surface area contributed by atoms with E-state index in [2.05, 4.69) is 44.8 Å². The van der Waals surface area contributed by atoms with Crippen LogP contribution in [-0.4, -0.2) is 19.7 Å². The van der Waals surface area contributed by atoms with Crippen LogP contribution in [0.5, 0.6) is 0 Å². The van der Waals surface area contributed by atoms with Gasteiger partial charge in [-0.05, 0) is 15.9 Å². The molecule has 0 atom stereocenters. The molecule has 0 unspecified atom stereocenters. The van der Waals surface area contributed by atoms with Crippen molar-refractivity contribution in [3.8, 4) is 0 Å². The second kappa shape index (κ2) is 5.18. The molecule has 2 aromatic rings. The van der Waals surface area contributed by atoms with Gasteiger partial charge in [0.1, 0.15) is 15.5 Å². The summed E-state index contributed by atoms with van der Waals surface area (Å²) in [6.45, 7) is 4.17. The molecule has 0 bridgehead atoms. The lowest BCUT2D eigenvalue weighted by molar-refractivity contribution is 0.747. The minimum absolute atomic E-state index is 0.320. The quantitative estimate of drug-likeness (QED) is 0.816. The molecule has 0 fully saturated rings. The van der Waals surface area contributed by atoms with Crippen molar-refractivity contribution in [1.82, 2.24) is 19.7 Å². The third kappa shape index (κ3) is 3.29. The first-order valence-corrected chi connectivity index (χ1v) is 6.86. The summed E-state index contributed by atoms with van der Waals surface area (Å²) in [5.41, 5.74) is 0. The Morgan fingerprint density at radius 3 is 2.71 bits per heavy atom. The van der Waals surface area contributed by atoms with Gasteiger partial charge in [-0.2, -0.15) is 5.10 Å². The van der Waals surface area contributed by atoms with Gasteiger partial charge in [-0.25, -0.2) is 9.97 Å². The zero-order valence-electron chi connectivity index (χ0n) is 9.88. The van der Waals surface area contributed by atoms with E-state index in [-0.39, 0.29) is 0 Å². The molecule has 0 amide bonds. The maximum Gasteiger partial charge on any atom is 0.133 e. The van der Waals surface area contributed by atoms with Gasteiger partial charge in [0.15, 0.2) is 0 Å². The van der Waals surface area contributed by atoms with Crippen LogP contribution in [0.15, 0.2) is 33.0 Å². The van der Waals surface area contributed by atoms with E-state index in [1.165, 1.54) is 0 Å². The molecular weight excluding hydrogens is 300 g/mol. The van der Waals surface area contributed by atoms with Crippen LogP contribution >= 0.6 is 27.7 Å². The molecule has 0 saturated heterocycles. The van der Waals surface area contributed by atoms with E-state index in [0.717, 1.165) is 20.3 Å². The summed E-state index contributed by atoms with van der Waals surface area (Å²) in [7, 11) is 1.90. The Balaban J connectivity index is 2.26. The summed E-state index contributed by atoms with van der Waals surface area (Å²) in [6, 6.07) is 1.92. The highest BCUT2D eigenvalue weighted by molar-refractivity contribution is 9.10. The summed E-state index contributed by atoms with van der Waals surface area (Å²) >= 11 is 5.00.